The molecule has 0 aliphatic heterocycles. The van der Waals surface area contributed by atoms with Crippen LogP contribution in [0, 0.1) is 0 Å². The van der Waals surface area contributed by atoms with E-state index in [4.69, 9.17) is 21.1 Å². The van der Waals surface area contributed by atoms with Crippen molar-refractivity contribution in [3.63, 3.8) is 0 Å². The number of hydrogen-bond donors (Lipinski definition) is 1. The molecule has 0 heterocycles. The Morgan fingerprint density at radius 1 is 1.44 bits per heavy atom. The number of hydrogen-bond acceptors (Lipinski definition) is 4. The zero-order valence-electron chi connectivity index (χ0n) is 9.12. The minimum absolute atomic E-state index is 0.0684. The van der Waals surface area contributed by atoms with Gasteiger partial charge < -0.3 is 19.4 Å². The number of halogens is 1. The van der Waals surface area contributed by atoms with Crippen LogP contribution in [0.15, 0.2) is 6.07 Å². The molecule has 1 N–H and O–H groups in total. The minimum Gasteiger partial charge on any atom is -0.506 e. The second kappa shape index (κ2) is 5.61. The van der Waals surface area contributed by atoms with Crippen LogP contribution in [0.2, 0.25) is 5.02 Å². The summed E-state index contributed by atoms with van der Waals surface area (Å²) in [6.45, 7) is 0. The van der Waals surface area contributed by atoms with Crippen LogP contribution in [0.1, 0.15) is 12.0 Å². The highest BCUT2D eigenvalue weighted by atomic mass is 35.5. The second-order valence-corrected chi connectivity index (χ2v) is 3.53. The standard InChI is InChI=1S/C11H13ClO4/c1-15-9-6-8(12)10(14)7(4-3-5-13)11(9)16-2/h5-6,14H,3-4H2,1-2H3. The topological polar surface area (TPSA) is 55.8 Å². The highest BCUT2D eigenvalue weighted by molar-refractivity contribution is 6.32. The molecule has 1 aromatic carbocycles. The molecule has 1 aromatic rings. The molecule has 0 unspecified atom stereocenters. The molecule has 88 valence electrons. The van der Waals surface area contributed by atoms with Gasteiger partial charge in [-0.1, -0.05) is 11.6 Å². The fraction of sp³-hybridized carbons (Fsp3) is 0.364. The lowest BCUT2D eigenvalue weighted by molar-refractivity contribution is -0.107. The molecule has 1 rings (SSSR count). The van der Waals surface area contributed by atoms with Gasteiger partial charge in [0.15, 0.2) is 11.5 Å². The Labute approximate surface area is 98.7 Å². The summed E-state index contributed by atoms with van der Waals surface area (Å²) in [5, 5.41) is 9.95. The Kier molecular flexibility index (Phi) is 4.43. The SMILES string of the molecule is COc1cc(Cl)c(O)c(CCC=O)c1OC. The van der Waals surface area contributed by atoms with Crippen molar-refractivity contribution in [1.82, 2.24) is 0 Å². The summed E-state index contributed by atoms with van der Waals surface area (Å²) in [5.41, 5.74) is 0.485. The highest BCUT2D eigenvalue weighted by Gasteiger charge is 2.17. The Balaban J connectivity index is 3.28. The van der Waals surface area contributed by atoms with Crippen molar-refractivity contribution in [3.05, 3.63) is 16.7 Å². The third kappa shape index (κ3) is 2.39. The van der Waals surface area contributed by atoms with Crippen LogP contribution in [0.4, 0.5) is 0 Å². The van der Waals surface area contributed by atoms with Gasteiger partial charge in [0.2, 0.25) is 0 Å². The third-order valence-corrected chi connectivity index (χ3v) is 2.49. The van der Waals surface area contributed by atoms with Gasteiger partial charge in [-0.05, 0) is 6.42 Å². The van der Waals surface area contributed by atoms with Gasteiger partial charge in [0.1, 0.15) is 12.0 Å². The van der Waals surface area contributed by atoms with E-state index in [0.717, 1.165) is 6.29 Å². The van der Waals surface area contributed by atoms with E-state index in [0.29, 0.717) is 23.5 Å². The number of carbonyl (C=O) groups is 1. The summed E-state index contributed by atoms with van der Waals surface area (Å²) >= 11 is 5.83. The number of phenols is 1. The minimum atomic E-state index is -0.0684. The summed E-state index contributed by atoms with van der Waals surface area (Å²) in [7, 11) is 2.95. The molecule has 0 bridgehead atoms. The predicted molar refractivity (Wildman–Crippen MR) is 60.6 cm³/mol. The van der Waals surface area contributed by atoms with Crippen LogP contribution in [0.3, 0.4) is 0 Å². The number of benzene rings is 1. The van der Waals surface area contributed by atoms with E-state index < -0.39 is 0 Å². The molecule has 0 spiro atoms. The molecule has 0 aliphatic rings. The van der Waals surface area contributed by atoms with E-state index in [1.165, 1.54) is 20.3 Å². The Morgan fingerprint density at radius 3 is 2.62 bits per heavy atom. The quantitative estimate of drug-likeness (QED) is 0.807. The van der Waals surface area contributed by atoms with E-state index >= 15 is 0 Å². The molecule has 0 saturated carbocycles. The average Bonchev–Trinajstić information content (AvgIpc) is 2.30. The van der Waals surface area contributed by atoms with Gasteiger partial charge in [0.25, 0.3) is 0 Å². The Morgan fingerprint density at radius 2 is 2.12 bits per heavy atom. The van der Waals surface area contributed by atoms with E-state index in [9.17, 15) is 9.90 Å². The molecule has 0 atom stereocenters. The number of methoxy groups -OCH3 is 2. The first-order valence-electron chi connectivity index (χ1n) is 4.71. The van der Waals surface area contributed by atoms with Gasteiger partial charge in [0.05, 0.1) is 19.2 Å². The number of phenolic OH excluding ortho intramolecular Hbond substituents is 1. The molecule has 16 heavy (non-hydrogen) atoms. The number of aromatic hydroxyl groups is 1. The lowest BCUT2D eigenvalue weighted by Crippen LogP contribution is -1.98. The van der Waals surface area contributed by atoms with E-state index in [2.05, 4.69) is 0 Å². The molecule has 0 saturated heterocycles. The summed E-state index contributed by atoms with van der Waals surface area (Å²) in [6, 6.07) is 1.47. The van der Waals surface area contributed by atoms with Crippen molar-refractivity contribution < 1.29 is 19.4 Å². The molecule has 0 aromatic heterocycles. The number of aldehydes is 1. The summed E-state index contributed by atoms with van der Waals surface area (Å²) < 4.78 is 10.2. The second-order valence-electron chi connectivity index (χ2n) is 3.13. The Hall–Kier alpha value is -1.42. The van der Waals surface area contributed by atoms with Gasteiger partial charge in [-0.2, -0.15) is 0 Å². The van der Waals surface area contributed by atoms with Crippen LogP contribution in [-0.2, 0) is 11.2 Å². The molecule has 0 aliphatic carbocycles. The summed E-state index contributed by atoms with van der Waals surface area (Å²) in [4.78, 5) is 10.3. The van der Waals surface area contributed by atoms with Crippen molar-refractivity contribution >= 4 is 17.9 Å². The summed E-state index contributed by atoms with van der Waals surface area (Å²) in [6.07, 6.45) is 1.41. The first-order chi connectivity index (χ1) is 7.65. The monoisotopic (exact) mass is 244 g/mol. The van der Waals surface area contributed by atoms with Crippen LogP contribution in [0.25, 0.3) is 0 Å². The van der Waals surface area contributed by atoms with Crippen molar-refractivity contribution in [3.8, 4) is 17.2 Å². The van der Waals surface area contributed by atoms with Crippen molar-refractivity contribution in [2.24, 2.45) is 0 Å². The van der Waals surface area contributed by atoms with Crippen molar-refractivity contribution in [2.75, 3.05) is 14.2 Å². The van der Waals surface area contributed by atoms with Gasteiger partial charge in [-0.3, -0.25) is 0 Å². The zero-order valence-corrected chi connectivity index (χ0v) is 9.87. The maximum atomic E-state index is 10.3. The fourth-order valence-corrected chi connectivity index (χ4v) is 1.67. The molecule has 0 amide bonds. The Bertz CT molecular complexity index is 390. The first kappa shape index (κ1) is 12.6. The predicted octanol–water partition coefficient (Wildman–Crippen LogP) is 2.19. The highest BCUT2D eigenvalue weighted by Crippen LogP contribution is 2.42. The van der Waals surface area contributed by atoms with E-state index in [1.807, 2.05) is 0 Å². The van der Waals surface area contributed by atoms with Crippen LogP contribution < -0.4 is 9.47 Å². The smallest absolute Gasteiger partial charge is 0.167 e. The van der Waals surface area contributed by atoms with Crippen molar-refractivity contribution in [2.45, 2.75) is 12.8 Å². The van der Waals surface area contributed by atoms with Gasteiger partial charge in [0, 0.05) is 18.1 Å². The molecular formula is C11H13ClO4. The van der Waals surface area contributed by atoms with Gasteiger partial charge in [-0.15, -0.1) is 0 Å². The van der Waals surface area contributed by atoms with Crippen LogP contribution in [-0.4, -0.2) is 25.6 Å². The fourth-order valence-electron chi connectivity index (χ4n) is 1.46. The largest absolute Gasteiger partial charge is 0.506 e. The third-order valence-electron chi connectivity index (χ3n) is 2.20. The average molecular weight is 245 g/mol. The molecule has 0 fully saturated rings. The van der Waals surface area contributed by atoms with Crippen LogP contribution in [0.5, 0.6) is 17.2 Å². The normalized spacial score (nSPS) is 9.94. The summed E-state index contributed by atoms with van der Waals surface area (Å²) in [5.74, 6) is 0.776. The lowest BCUT2D eigenvalue weighted by atomic mass is 10.1. The maximum absolute atomic E-state index is 10.3. The van der Waals surface area contributed by atoms with Gasteiger partial charge >= 0.3 is 0 Å². The van der Waals surface area contributed by atoms with Crippen molar-refractivity contribution in [1.29, 1.82) is 0 Å². The number of ether oxygens (including phenoxy) is 2. The van der Waals surface area contributed by atoms with Crippen LogP contribution >= 0.6 is 11.6 Å². The molecule has 4 nitrogen and oxygen atoms in total. The zero-order chi connectivity index (χ0) is 12.1. The number of rotatable bonds is 5. The van der Waals surface area contributed by atoms with E-state index in [1.54, 1.807) is 0 Å². The lowest BCUT2D eigenvalue weighted by Gasteiger charge is -2.14. The number of carbonyl (C=O) groups excluding carboxylic acids is 1. The molecule has 0 radical (unpaired) electrons. The first-order valence-corrected chi connectivity index (χ1v) is 5.09. The maximum Gasteiger partial charge on any atom is 0.167 e. The van der Waals surface area contributed by atoms with Gasteiger partial charge in [-0.25, -0.2) is 0 Å². The van der Waals surface area contributed by atoms with E-state index in [-0.39, 0.29) is 17.2 Å². The molecular weight excluding hydrogens is 232 g/mol. The molecule has 5 heteroatoms.